The molecule has 3 rings (SSSR count). The van der Waals surface area contributed by atoms with E-state index in [0.29, 0.717) is 23.7 Å². The van der Waals surface area contributed by atoms with Crippen molar-refractivity contribution in [1.82, 2.24) is 9.71 Å². The maximum atomic E-state index is 12.8. The van der Waals surface area contributed by atoms with Gasteiger partial charge < -0.3 is 5.32 Å². The SMILES string of the molecule is CC1=C[C@@H](CNS(=O)(=O)c2cccc(C#N)c2)[C@H](C(C)C)C[C@H]1CC(=O)Nc1ccccn1. The lowest BCUT2D eigenvalue weighted by atomic mass is 9.70. The van der Waals surface area contributed by atoms with Crippen molar-refractivity contribution in [2.45, 2.75) is 38.5 Å². The molecule has 3 atom stereocenters. The van der Waals surface area contributed by atoms with E-state index in [0.717, 1.165) is 12.0 Å². The molecule has 1 amide bonds. The molecule has 0 bridgehead atoms. The largest absolute Gasteiger partial charge is 0.311 e. The van der Waals surface area contributed by atoms with Crippen molar-refractivity contribution in [3.05, 3.63) is 65.9 Å². The van der Waals surface area contributed by atoms with E-state index in [2.05, 4.69) is 34.9 Å². The molecule has 0 radical (unpaired) electrons. The molecule has 0 fully saturated rings. The zero-order valence-electron chi connectivity index (χ0n) is 19.2. The van der Waals surface area contributed by atoms with Crippen LogP contribution in [-0.4, -0.2) is 25.9 Å². The number of rotatable bonds is 8. The quantitative estimate of drug-likeness (QED) is 0.569. The molecule has 7 nitrogen and oxygen atoms in total. The van der Waals surface area contributed by atoms with E-state index in [4.69, 9.17) is 5.26 Å². The summed E-state index contributed by atoms with van der Waals surface area (Å²) in [6.45, 7) is 6.53. The Bertz CT molecular complexity index is 1150. The van der Waals surface area contributed by atoms with Crippen molar-refractivity contribution >= 4 is 21.7 Å². The number of hydrogen-bond acceptors (Lipinski definition) is 5. The lowest BCUT2D eigenvalue weighted by Crippen LogP contribution is -2.37. The molecular weight excluding hydrogens is 436 g/mol. The van der Waals surface area contributed by atoms with Gasteiger partial charge in [-0.1, -0.05) is 37.6 Å². The number of sulfonamides is 1. The van der Waals surface area contributed by atoms with E-state index >= 15 is 0 Å². The van der Waals surface area contributed by atoms with Gasteiger partial charge in [0, 0.05) is 19.2 Å². The van der Waals surface area contributed by atoms with Crippen LogP contribution in [0.4, 0.5) is 5.82 Å². The van der Waals surface area contributed by atoms with E-state index in [-0.39, 0.29) is 35.1 Å². The lowest BCUT2D eigenvalue weighted by Gasteiger charge is -2.37. The van der Waals surface area contributed by atoms with E-state index in [1.807, 2.05) is 19.1 Å². The first-order chi connectivity index (χ1) is 15.7. The molecule has 0 saturated heterocycles. The number of nitriles is 1. The normalized spacial score (nSPS) is 20.7. The summed E-state index contributed by atoms with van der Waals surface area (Å²) in [6.07, 6.45) is 4.92. The zero-order chi connectivity index (χ0) is 24.0. The summed E-state index contributed by atoms with van der Waals surface area (Å²) in [7, 11) is -3.73. The Morgan fingerprint density at radius 1 is 1.24 bits per heavy atom. The standard InChI is InChI=1S/C25H30N4O3S/c1-17(2)23-13-20(14-25(30)29-24-9-4-5-10-27-24)18(3)11-21(23)16-28-33(31,32)22-8-6-7-19(12-22)15-26/h4-12,17,20-21,23,28H,13-14,16H2,1-3H3,(H,27,29,30)/t20-,21-,23-/m0/s1. The van der Waals surface area contributed by atoms with Crippen molar-refractivity contribution in [3.63, 3.8) is 0 Å². The van der Waals surface area contributed by atoms with Gasteiger partial charge in [-0.3, -0.25) is 4.79 Å². The molecule has 1 aliphatic carbocycles. The van der Waals surface area contributed by atoms with E-state index < -0.39 is 10.0 Å². The molecule has 1 heterocycles. The number of carbonyl (C=O) groups is 1. The minimum Gasteiger partial charge on any atom is -0.311 e. The van der Waals surface area contributed by atoms with Gasteiger partial charge >= 0.3 is 0 Å². The number of anilines is 1. The number of carbonyl (C=O) groups excluding carboxylic acids is 1. The van der Waals surface area contributed by atoms with Crippen LogP contribution in [0.1, 0.15) is 39.2 Å². The monoisotopic (exact) mass is 466 g/mol. The number of nitrogens with zero attached hydrogens (tertiary/aromatic N) is 2. The summed E-state index contributed by atoms with van der Waals surface area (Å²) in [5.41, 5.74) is 1.40. The summed E-state index contributed by atoms with van der Waals surface area (Å²) in [5, 5.41) is 11.9. The summed E-state index contributed by atoms with van der Waals surface area (Å²) in [5.74, 6) is 1.13. The second-order valence-electron chi connectivity index (χ2n) is 8.87. The van der Waals surface area contributed by atoms with Gasteiger partial charge in [0.05, 0.1) is 16.5 Å². The fourth-order valence-corrected chi connectivity index (χ4v) is 5.50. The average Bonchev–Trinajstić information content (AvgIpc) is 2.79. The van der Waals surface area contributed by atoms with Crippen molar-refractivity contribution in [2.24, 2.45) is 23.7 Å². The summed E-state index contributed by atoms with van der Waals surface area (Å²) < 4.78 is 28.3. The van der Waals surface area contributed by atoms with Crippen LogP contribution < -0.4 is 10.0 Å². The van der Waals surface area contributed by atoms with Gasteiger partial charge in [-0.15, -0.1) is 0 Å². The van der Waals surface area contributed by atoms with Crippen LogP contribution in [0.15, 0.2) is 65.2 Å². The van der Waals surface area contributed by atoms with Gasteiger partial charge in [0.15, 0.2) is 0 Å². The van der Waals surface area contributed by atoms with Crippen molar-refractivity contribution < 1.29 is 13.2 Å². The minimum atomic E-state index is -3.73. The third-order valence-corrected chi connectivity index (χ3v) is 7.65. The highest BCUT2D eigenvalue weighted by atomic mass is 32.2. The molecule has 2 N–H and O–H groups in total. The smallest absolute Gasteiger partial charge is 0.240 e. The maximum absolute atomic E-state index is 12.8. The molecule has 33 heavy (non-hydrogen) atoms. The molecule has 0 unspecified atom stereocenters. The number of hydrogen-bond donors (Lipinski definition) is 2. The number of pyridine rings is 1. The summed E-state index contributed by atoms with van der Waals surface area (Å²) >= 11 is 0. The second kappa shape index (κ2) is 10.7. The first-order valence-electron chi connectivity index (χ1n) is 11.1. The van der Waals surface area contributed by atoms with Crippen LogP contribution in [0, 0.1) is 35.0 Å². The molecule has 1 aromatic carbocycles. The van der Waals surface area contributed by atoms with Crippen LogP contribution >= 0.6 is 0 Å². The van der Waals surface area contributed by atoms with Crippen LogP contribution in [-0.2, 0) is 14.8 Å². The number of benzene rings is 1. The Morgan fingerprint density at radius 2 is 2.03 bits per heavy atom. The second-order valence-corrected chi connectivity index (χ2v) is 10.6. The van der Waals surface area contributed by atoms with Gasteiger partial charge in [0.1, 0.15) is 5.82 Å². The molecule has 0 aliphatic heterocycles. The highest BCUT2D eigenvalue weighted by Gasteiger charge is 2.33. The van der Waals surface area contributed by atoms with Crippen molar-refractivity contribution in [1.29, 1.82) is 5.26 Å². The molecule has 1 aromatic heterocycles. The molecule has 0 saturated carbocycles. The fourth-order valence-electron chi connectivity index (χ4n) is 4.38. The molecule has 2 aromatic rings. The van der Waals surface area contributed by atoms with Crippen LogP contribution in [0.5, 0.6) is 0 Å². The number of nitrogens with one attached hydrogen (secondary N) is 2. The molecule has 0 spiro atoms. The highest BCUT2D eigenvalue weighted by Crippen LogP contribution is 2.39. The van der Waals surface area contributed by atoms with Crippen LogP contribution in [0.3, 0.4) is 0 Å². The van der Waals surface area contributed by atoms with Gasteiger partial charge in [0.25, 0.3) is 0 Å². The molecular formula is C25H30N4O3S. The van der Waals surface area contributed by atoms with Gasteiger partial charge in [-0.25, -0.2) is 18.1 Å². The van der Waals surface area contributed by atoms with Crippen LogP contribution in [0.2, 0.25) is 0 Å². The minimum absolute atomic E-state index is 0.0222. The topological polar surface area (TPSA) is 112 Å². The first-order valence-corrected chi connectivity index (χ1v) is 12.6. The molecule has 174 valence electrons. The van der Waals surface area contributed by atoms with E-state index in [1.165, 1.54) is 12.1 Å². The van der Waals surface area contributed by atoms with Crippen LogP contribution in [0.25, 0.3) is 0 Å². The highest BCUT2D eigenvalue weighted by molar-refractivity contribution is 7.89. The Kier molecular flexibility index (Phi) is 8.01. The molecule has 8 heteroatoms. The average molecular weight is 467 g/mol. The third-order valence-electron chi connectivity index (χ3n) is 6.23. The van der Waals surface area contributed by atoms with Gasteiger partial charge in [-0.05, 0) is 67.3 Å². The number of amides is 1. The zero-order valence-corrected chi connectivity index (χ0v) is 20.0. The van der Waals surface area contributed by atoms with Gasteiger partial charge in [-0.2, -0.15) is 5.26 Å². The number of allylic oxidation sites excluding steroid dienone is 1. The summed E-state index contributed by atoms with van der Waals surface area (Å²) in [6, 6.07) is 13.4. The molecule has 1 aliphatic rings. The predicted octanol–water partition coefficient (Wildman–Crippen LogP) is 4.11. The summed E-state index contributed by atoms with van der Waals surface area (Å²) in [4.78, 5) is 16.8. The van der Waals surface area contributed by atoms with Crippen molar-refractivity contribution in [2.75, 3.05) is 11.9 Å². The number of aromatic nitrogens is 1. The first kappa shape index (κ1) is 24.6. The Hall–Kier alpha value is -3.02. The predicted molar refractivity (Wildman–Crippen MR) is 128 cm³/mol. The Labute approximate surface area is 196 Å². The Morgan fingerprint density at radius 3 is 2.70 bits per heavy atom. The fraction of sp³-hybridized carbons (Fsp3) is 0.400. The maximum Gasteiger partial charge on any atom is 0.240 e. The van der Waals surface area contributed by atoms with E-state index in [9.17, 15) is 13.2 Å². The van der Waals surface area contributed by atoms with Crippen molar-refractivity contribution in [3.8, 4) is 6.07 Å². The third kappa shape index (κ3) is 6.50. The Balaban J connectivity index is 1.69. The van der Waals surface area contributed by atoms with E-state index in [1.54, 1.807) is 30.5 Å². The van der Waals surface area contributed by atoms with Gasteiger partial charge in [0.2, 0.25) is 15.9 Å². The lowest BCUT2D eigenvalue weighted by molar-refractivity contribution is -0.117.